The second-order valence-corrected chi connectivity index (χ2v) is 9.38. The van der Waals surface area contributed by atoms with Crippen LogP contribution in [0.25, 0.3) is 6.08 Å². The van der Waals surface area contributed by atoms with Gasteiger partial charge in [0.05, 0.1) is 18.2 Å². The second-order valence-electron chi connectivity index (χ2n) is 9.38. The van der Waals surface area contributed by atoms with Gasteiger partial charge in [0.15, 0.2) is 0 Å². The minimum absolute atomic E-state index is 0.00583. The Bertz CT molecular complexity index is 1130. The van der Waals surface area contributed by atoms with Crippen LogP contribution in [0.5, 0.6) is 0 Å². The molecule has 3 heterocycles. The highest BCUT2D eigenvalue weighted by molar-refractivity contribution is 6.03. The molecule has 2 aromatic rings. The Morgan fingerprint density at radius 1 is 1.16 bits per heavy atom. The lowest BCUT2D eigenvalue weighted by Crippen LogP contribution is -2.57. The summed E-state index contributed by atoms with van der Waals surface area (Å²) < 4.78 is 0.399. The molecule has 4 atom stereocenters. The summed E-state index contributed by atoms with van der Waals surface area (Å²) in [6, 6.07) is 3.39. The van der Waals surface area contributed by atoms with E-state index >= 15 is 0 Å². The molecule has 9 heteroatoms. The third-order valence-electron chi connectivity index (χ3n) is 7.27. The van der Waals surface area contributed by atoms with Crippen LogP contribution in [0.2, 0.25) is 0 Å². The summed E-state index contributed by atoms with van der Waals surface area (Å²) in [6.45, 7) is 0. The molecule has 9 nitrogen and oxygen atoms in total. The number of hydrogen-bond acceptors (Lipinski definition) is 6. The summed E-state index contributed by atoms with van der Waals surface area (Å²) >= 11 is 0. The van der Waals surface area contributed by atoms with Crippen molar-refractivity contribution in [2.24, 2.45) is 11.8 Å². The molecular formula is C23H27N6O3+. The van der Waals surface area contributed by atoms with Crippen molar-refractivity contribution in [1.29, 1.82) is 0 Å². The van der Waals surface area contributed by atoms with Gasteiger partial charge in [0.1, 0.15) is 11.9 Å². The minimum atomic E-state index is -1.03. The first kappa shape index (κ1) is 20.6. The SMILES string of the molecule is CN(C)C(=O)C1=Cc2cnc(Nc3ccc(C(=O)O)cn3)nc2[N+]1(C)C1C[C@H]2CC[C@@H]1C2. The molecule has 0 radical (unpaired) electrons. The molecule has 2 bridgehead atoms. The molecule has 2 unspecified atom stereocenters. The first-order chi connectivity index (χ1) is 15.3. The molecule has 2 fully saturated rings. The van der Waals surface area contributed by atoms with E-state index < -0.39 is 5.97 Å². The van der Waals surface area contributed by atoms with E-state index in [0.717, 1.165) is 29.4 Å². The van der Waals surface area contributed by atoms with Crippen LogP contribution < -0.4 is 9.80 Å². The first-order valence-corrected chi connectivity index (χ1v) is 10.9. The molecule has 0 spiro atoms. The van der Waals surface area contributed by atoms with Crippen LogP contribution >= 0.6 is 0 Å². The zero-order valence-electron chi connectivity index (χ0n) is 18.4. The summed E-state index contributed by atoms with van der Waals surface area (Å²) in [7, 11) is 5.67. The van der Waals surface area contributed by atoms with Gasteiger partial charge in [0.25, 0.3) is 0 Å². The average Bonchev–Trinajstić information content (AvgIpc) is 3.48. The van der Waals surface area contributed by atoms with Crippen molar-refractivity contribution in [3.8, 4) is 0 Å². The normalized spacial score (nSPS) is 27.7. The molecule has 2 aromatic heterocycles. The topological polar surface area (TPSA) is 108 Å². The largest absolute Gasteiger partial charge is 0.478 e. The lowest BCUT2D eigenvalue weighted by Gasteiger charge is -2.40. The van der Waals surface area contributed by atoms with Crippen LogP contribution in [0.1, 0.15) is 41.6 Å². The number of likely N-dealkylation sites (N-methyl/N-ethyl adjacent to an activating group) is 2. The van der Waals surface area contributed by atoms with Gasteiger partial charge in [0.2, 0.25) is 17.5 Å². The van der Waals surface area contributed by atoms with Crippen molar-refractivity contribution < 1.29 is 14.7 Å². The maximum absolute atomic E-state index is 13.2. The van der Waals surface area contributed by atoms with Crippen LogP contribution in [0.3, 0.4) is 0 Å². The third kappa shape index (κ3) is 3.15. The predicted molar refractivity (Wildman–Crippen MR) is 120 cm³/mol. The summed E-state index contributed by atoms with van der Waals surface area (Å²) in [5.74, 6) is 1.95. The highest BCUT2D eigenvalue weighted by Gasteiger charge is 2.57. The molecule has 166 valence electrons. The average molecular weight is 436 g/mol. The van der Waals surface area contributed by atoms with E-state index in [1.165, 1.54) is 31.5 Å². The zero-order chi connectivity index (χ0) is 22.6. The summed E-state index contributed by atoms with van der Waals surface area (Å²) in [4.78, 5) is 39.3. The van der Waals surface area contributed by atoms with Crippen molar-refractivity contribution in [3.63, 3.8) is 0 Å². The summed E-state index contributed by atoms with van der Waals surface area (Å²) in [5, 5.41) is 12.1. The lowest BCUT2D eigenvalue weighted by molar-refractivity contribution is -0.126. The summed E-state index contributed by atoms with van der Waals surface area (Å²) in [5.41, 5.74) is 1.71. The molecule has 0 aromatic carbocycles. The van der Waals surface area contributed by atoms with Gasteiger partial charge in [0, 0.05) is 44.9 Å². The fourth-order valence-electron chi connectivity index (χ4n) is 5.69. The quantitative estimate of drug-likeness (QED) is 0.695. The Labute approximate surface area is 186 Å². The minimum Gasteiger partial charge on any atom is -0.478 e. The zero-order valence-corrected chi connectivity index (χ0v) is 18.4. The first-order valence-electron chi connectivity index (χ1n) is 10.9. The van der Waals surface area contributed by atoms with E-state index in [1.807, 2.05) is 6.08 Å². The standard InChI is InChI=1S/C23H26N6O3/c1-28(2)21(30)18-10-16-12-25-23(26-19-7-6-15(11-24-19)22(31)32)27-20(16)29(18,3)17-9-13-4-5-14(17)8-13/h6-7,10-14,17H,4-5,8-9H2,1-3H3,(H-,24,25,26,27,30,31,32)/p+1/t13-,14+,17?,29?/m0/s1. The Kier molecular flexibility index (Phi) is 4.74. The molecule has 2 N–H and O–H groups in total. The van der Waals surface area contributed by atoms with E-state index in [2.05, 4.69) is 22.3 Å². The van der Waals surface area contributed by atoms with Gasteiger partial charge in [-0.2, -0.15) is 4.98 Å². The molecular weight excluding hydrogens is 408 g/mol. The van der Waals surface area contributed by atoms with Gasteiger partial charge in [-0.3, -0.25) is 4.79 Å². The molecule has 2 aliphatic carbocycles. The molecule has 1 amide bonds. The number of nitrogens with zero attached hydrogens (tertiary/aromatic N) is 5. The summed E-state index contributed by atoms with van der Waals surface area (Å²) in [6.07, 6.45) is 9.80. The Morgan fingerprint density at radius 2 is 1.97 bits per heavy atom. The highest BCUT2D eigenvalue weighted by Crippen LogP contribution is 2.53. The molecule has 3 aliphatic rings. The Hall–Kier alpha value is -3.33. The molecule has 2 saturated carbocycles. The van der Waals surface area contributed by atoms with Crippen molar-refractivity contribution in [3.05, 3.63) is 41.4 Å². The molecule has 1 aliphatic heterocycles. The van der Waals surface area contributed by atoms with Crippen molar-refractivity contribution in [2.45, 2.75) is 31.7 Å². The number of nitrogens with one attached hydrogen (secondary N) is 1. The molecule has 0 saturated heterocycles. The smallest absolute Gasteiger partial charge is 0.337 e. The van der Waals surface area contributed by atoms with Crippen LogP contribution in [-0.2, 0) is 4.79 Å². The predicted octanol–water partition coefficient (Wildman–Crippen LogP) is 2.88. The number of fused-ring (bicyclic) bond motifs is 3. The van der Waals surface area contributed by atoms with E-state index in [0.29, 0.717) is 28.2 Å². The monoisotopic (exact) mass is 435 g/mol. The molecule has 32 heavy (non-hydrogen) atoms. The van der Waals surface area contributed by atoms with Gasteiger partial charge in [-0.1, -0.05) is 0 Å². The van der Waals surface area contributed by atoms with Gasteiger partial charge >= 0.3 is 11.9 Å². The number of carboxylic acid groups (broad SMARTS) is 1. The van der Waals surface area contributed by atoms with Crippen LogP contribution in [0, 0.1) is 11.8 Å². The fourth-order valence-corrected chi connectivity index (χ4v) is 5.69. The van der Waals surface area contributed by atoms with E-state index in [4.69, 9.17) is 10.1 Å². The maximum atomic E-state index is 13.2. The van der Waals surface area contributed by atoms with Gasteiger partial charge in [-0.05, 0) is 37.3 Å². The van der Waals surface area contributed by atoms with Crippen molar-refractivity contribution in [2.75, 3.05) is 26.5 Å². The van der Waals surface area contributed by atoms with E-state index in [9.17, 15) is 9.59 Å². The number of carbonyl (C=O) groups excluding carboxylic acids is 1. The van der Waals surface area contributed by atoms with Crippen molar-refractivity contribution in [1.82, 2.24) is 24.3 Å². The number of rotatable bonds is 5. The van der Waals surface area contributed by atoms with Crippen LogP contribution in [0.15, 0.2) is 30.2 Å². The fraction of sp³-hybridized carbons (Fsp3) is 0.435. The second kappa shape index (κ2) is 7.37. The number of pyridine rings is 1. The van der Waals surface area contributed by atoms with Crippen molar-refractivity contribution >= 4 is 35.5 Å². The number of amides is 1. The van der Waals surface area contributed by atoms with Crippen LogP contribution in [0.4, 0.5) is 17.6 Å². The number of anilines is 2. The number of quaternary nitrogens is 1. The number of carbonyl (C=O) groups is 2. The lowest BCUT2D eigenvalue weighted by atomic mass is 9.92. The Morgan fingerprint density at radius 3 is 2.56 bits per heavy atom. The van der Waals surface area contributed by atoms with E-state index in [1.54, 1.807) is 31.3 Å². The van der Waals surface area contributed by atoms with Gasteiger partial charge in [-0.25, -0.2) is 19.2 Å². The maximum Gasteiger partial charge on any atom is 0.337 e. The van der Waals surface area contributed by atoms with Crippen LogP contribution in [-0.4, -0.2) is 64.0 Å². The number of aromatic carboxylic acids is 1. The van der Waals surface area contributed by atoms with E-state index in [-0.39, 0.29) is 11.5 Å². The number of carboxylic acids is 1. The Balaban J connectivity index is 1.51. The van der Waals surface area contributed by atoms with Gasteiger partial charge < -0.3 is 15.3 Å². The third-order valence-corrected chi connectivity index (χ3v) is 7.27. The number of hydrogen-bond donors (Lipinski definition) is 2. The highest BCUT2D eigenvalue weighted by atomic mass is 16.4. The molecule has 5 rings (SSSR count). The number of aromatic nitrogens is 3. The van der Waals surface area contributed by atoms with Gasteiger partial charge in [-0.15, -0.1) is 0 Å².